The second-order valence-electron chi connectivity index (χ2n) is 4.92. The molecule has 0 radical (unpaired) electrons. The van der Waals surface area contributed by atoms with Gasteiger partial charge < -0.3 is 5.32 Å². The summed E-state index contributed by atoms with van der Waals surface area (Å²) in [6.07, 6.45) is 0. The van der Waals surface area contributed by atoms with E-state index < -0.39 is 0 Å². The molecule has 96 valence electrons. The average molecular weight is 299 g/mol. The van der Waals surface area contributed by atoms with E-state index in [1.54, 1.807) is 0 Å². The van der Waals surface area contributed by atoms with Crippen LogP contribution in [0.5, 0.6) is 0 Å². The Labute approximate surface area is 114 Å². The minimum Gasteiger partial charge on any atom is -0.313 e. The molecule has 0 spiro atoms. The molecule has 1 aromatic rings. The first-order valence-corrected chi connectivity index (χ1v) is 6.97. The normalized spacial score (nSPS) is 13.4. The molecule has 17 heavy (non-hydrogen) atoms. The fourth-order valence-electron chi connectivity index (χ4n) is 1.61. The molecule has 2 nitrogen and oxygen atoms in total. The number of benzene rings is 1. The van der Waals surface area contributed by atoms with Crippen LogP contribution in [0, 0.1) is 0 Å². The lowest BCUT2D eigenvalue weighted by Crippen LogP contribution is -2.39. The SMILES string of the molecule is CC(C)NCC(C)N(C)Cc1ccccc1Br. The lowest BCUT2D eigenvalue weighted by atomic mass is 10.2. The summed E-state index contributed by atoms with van der Waals surface area (Å²) in [4.78, 5) is 2.37. The van der Waals surface area contributed by atoms with E-state index in [0.717, 1.165) is 13.1 Å². The summed E-state index contributed by atoms with van der Waals surface area (Å²) in [6.45, 7) is 8.62. The van der Waals surface area contributed by atoms with Gasteiger partial charge in [0, 0.05) is 29.6 Å². The fraction of sp³-hybridized carbons (Fsp3) is 0.571. The predicted octanol–water partition coefficient (Wildman–Crippen LogP) is 3.27. The topological polar surface area (TPSA) is 15.3 Å². The van der Waals surface area contributed by atoms with Gasteiger partial charge in [0.2, 0.25) is 0 Å². The van der Waals surface area contributed by atoms with Crippen LogP contribution in [0.15, 0.2) is 28.7 Å². The van der Waals surface area contributed by atoms with Gasteiger partial charge in [-0.2, -0.15) is 0 Å². The maximum absolute atomic E-state index is 3.59. The summed E-state index contributed by atoms with van der Waals surface area (Å²) in [5, 5.41) is 3.47. The molecular weight excluding hydrogens is 276 g/mol. The molecule has 0 saturated carbocycles. The highest BCUT2D eigenvalue weighted by molar-refractivity contribution is 9.10. The molecule has 1 rings (SSSR count). The predicted molar refractivity (Wildman–Crippen MR) is 78.2 cm³/mol. The van der Waals surface area contributed by atoms with Crippen molar-refractivity contribution in [2.45, 2.75) is 39.4 Å². The number of hydrogen-bond donors (Lipinski definition) is 1. The van der Waals surface area contributed by atoms with E-state index in [4.69, 9.17) is 0 Å². The minimum atomic E-state index is 0.532. The van der Waals surface area contributed by atoms with Gasteiger partial charge in [0.15, 0.2) is 0 Å². The largest absolute Gasteiger partial charge is 0.313 e. The fourth-order valence-corrected chi connectivity index (χ4v) is 2.02. The van der Waals surface area contributed by atoms with Crippen LogP contribution >= 0.6 is 15.9 Å². The molecule has 0 amide bonds. The highest BCUT2D eigenvalue weighted by Gasteiger charge is 2.11. The van der Waals surface area contributed by atoms with Crippen LogP contribution in [0.25, 0.3) is 0 Å². The van der Waals surface area contributed by atoms with Crippen LogP contribution in [0.2, 0.25) is 0 Å². The molecule has 1 aromatic carbocycles. The Morgan fingerprint density at radius 1 is 1.24 bits per heavy atom. The third kappa shape index (κ3) is 5.19. The first-order chi connectivity index (χ1) is 8.00. The van der Waals surface area contributed by atoms with Gasteiger partial charge in [-0.1, -0.05) is 48.0 Å². The lowest BCUT2D eigenvalue weighted by Gasteiger charge is -2.26. The first-order valence-electron chi connectivity index (χ1n) is 6.17. The Hall–Kier alpha value is -0.380. The van der Waals surface area contributed by atoms with Crippen molar-refractivity contribution >= 4 is 15.9 Å². The van der Waals surface area contributed by atoms with Crippen LogP contribution in [0.3, 0.4) is 0 Å². The molecule has 1 N–H and O–H groups in total. The first kappa shape index (κ1) is 14.7. The third-order valence-electron chi connectivity index (χ3n) is 2.95. The summed E-state index contributed by atoms with van der Waals surface area (Å²) in [5.41, 5.74) is 1.34. The second-order valence-corrected chi connectivity index (χ2v) is 5.77. The van der Waals surface area contributed by atoms with Gasteiger partial charge in [-0.25, -0.2) is 0 Å². The number of nitrogens with zero attached hydrogens (tertiary/aromatic N) is 1. The summed E-state index contributed by atoms with van der Waals surface area (Å²) in [6, 6.07) is 9.49. The quantitative estimate of drug-likeness (QED) is 0.867. The van der Waals surface area contributed by atoms with E-state index in [0.29, 0.717) is 12.1 Å². The molecule has 0 saturated heterocycles. The Morgan fingerprint density at radius 3 is 2.47 bits per heavy atom. The Balaban J connectivity index is 2.48. The molecule has 0 fully saturated rings. The van der Waals surface area contributed by atoms with E-state index in [2.05, 4.69) is 78.2 Å². The Kier molecular flexibility index (Phi) is 6.17. The number of likely N-dealkylation sites (N-methyl/N-ethyl adjacent to an activating group) is 1. The highest BCUT2D eigenvalue weighted by atomic mass is 79.9. The molecule has 1 atom stereocenters. The van der Waals surface area contributed by atoms with Crippen molar-refractivity contribution in [2.75, 3.05) is 13.6 Å². The monoisotopic (exact) mass is 298 g/mol. The van der Waals surface area contributed by atoms with Crippen LogP contribution in [-0.4, -0.2) is 30.6 Å². The molecule has 0 bridgehead atoms. The summed E-state index contributed by atoms with van der Waals surface area (Å²) < 4.78 is 1.19. The summed E-state index contributed by atoms with van der Waals surface area (Å²) >= 11 is 3.59. The second kappa shape index (κ2) is 7.14. The van der Waals surface area contributed by atoms with Crippen LogP contribution in [-0.2, 0) is 6.54 Å². The minimum absolute atomic E-state index is 0.532. The highest BCUT2D eigenvalue weighted by Crippen LogP contribution is 2.17. The van der Waals surface area contributed by atoms with Crippen molar-refractivity contribution in [1.82, 2.24) is 10.2 Å². The van der Waals surface area contributed by atoms with Gasteiger partial charge in [-0.15, -0.1) is 0 Å². The van der Waals surface area contributed by atoms with Crippen LogP contribution in [0.4, 0.5) is 0 Å². The smallest absolute Gasteiger partial charge is 0.0245 e. The van der Waals surface area contributed by atoms with Gasteiger partial charge in [0.25, 0.3) is 0 Å². The standard InChI is InChI=1S/C14H23BrN2/c1-11(2)16-9-12(3)17(4)10-13-7-5-6-8-14(13)15/h5-8,11-12,16H,9-10H2,1-4H3. The van der Waals surface area contributed by atoms with Crippen molar-refractivity contribution < 1.29 is 0 Å². The molecule has 0 heterocycles. The van der Waals surface area contributed by atoms with Crippen molar-refractivity contribution in [3.63, 3.8) is 0 Å². The molecule has 0 aliphatic heterocycles. The summed E-state index contributed by atoms with van der Waals surface area (Å²) in [5.74, 6) is 0. The van der Waals surface area contributed by atoms with E-state index in [9.17, 15) is 0 Å². The number of nitrogens with one attached hydrogen (secondary N) is 1. The lowest BCUT2D eigenvalue weighted by molar-refractivity contribution is 0.239. The summed E-state index contributed by atoms with van der Waals surface area (Å²) in [7, 11) is 2.17. The van der Waals surface area contributed by atoms with Crippen molar-refractivity contribution in [2.24, 2.45) is 0 Å². The molecule has 1 unspecified atom stereocenters. The maximum Gasteiger partial charge on any atom is 0.0245 e. The number of halogens is 1. The van der Waals surface area contributed by atoms with E-state index in [1.807, 2.05) is 0 Å². The molecule has 0 aliphatic carbocycles. The molecule has 0 aliphatic rings. The maximum atomic E-state index is 3.59. The number of rotatable bonds is 6. The zero-order valence-corrected chi connectivity index (χ0v) is 12.8. The molecular formula is C14H23BrN2. The van der Waals surface area contributed by atoms with Crippen molar-refractivity contribution in [1.29, 1.82) is 0 Å². The zero-order valence-electron chi connectivity index (χ0n) is 11.2. The Morgan fingerprint density at radius 2 is 1.88 bits per heavy atom. The van der Waals surface area contributed by atoms with Gasteiger partial charge in [-0.05, 0) is 25.6 Å². The number of hydrogen-bond acceptors (Lipinski definition) is 2. The molecule has 3 heteroatoms. The third-order valence-corrected chi connectivity index (χ3v) is 3.73. The van der Waals surface area contributed by atoms with Gasteiger partial charge in [0.1, 0.15) is 0 Å². The van der Waals surface area contributed by atoms with E-state index in [1.165, 1.54) is 10.0 Å². The van der Waals surface area contributed by atoms with E-state index >= 15 is 0 Å². The van der Waals surface area contributed by atoms with Crippen molar-refractivity contribution in [3.05, 3.63) is 34.3 Å². The van der Waals surface area contributed by atoms with Gasteiger partial charge >= 0.3 is 0 Å². The average Bonchev–Trinajstić information content (AvgIpc) is 2.28. The van der Waals surface area contributed by atoms with Gasteiger partial charge in [-0.3, -0.25) is 4.90 Å². The van der Waals surface area contributed by atoms with Gasteiger partial charge in [0.05, 0.1) is 0 Å². The Bertz CT molecular complexity index is 339. The van der Waals surface area contributed by atoms with Crippen LogP contribution < -0.4 is 5.32 Å². The zero-order chi connectivity index (χ0) is 12.8. The molecule has 0 aromatic heterocycles. The van der Waals surface area contributed by atoms with Crippen molar-refractivity contribution in [3.8, 4) is 0 Å². The van der Waals surface area contributed by atoms with E-state index in [-0.39, 0.29) is 0 Å². The van der Waals surface area contributed by atoms with Crippen LogP contribution in [0.1, 0.15) is 26.3 Å².